The lowest BCUT2D eigenvalue weighted by atomic mass is 10.1. The molecule has 102 valence electrons. The number of ether oxygens (including phenoxy) is 1. The van der Waals surface area contributed by atoms with Gasteiger partial charge in [0.2, 0.25) is 0 Å². The molecule has 0 atom stereocenters. The highest BCUT2D eigenvalue weighted by molar-refractivity contribution is 5.28. The van der Waals surface area contributed by atoms with Gasteiger partial charge in [-0.15, -0.1) is 0 Å². The van der Waals surface area contributed by atoms with Gasteiger partial charge in [-0.1, -0.05) is 0 Å². The van der Waals surface area contributed by atoms with Crippen LogP contribution in [0, 0.1) is 0 Å². The molecule has 18 heavy (non-hydrogen) atoms. The smallest absolute Gasteiger partial charge is 0.416 e. The second-order valence-corrected chi connectivity index (χ2v) is 5.05. The summed E-state index contributed by atoms with van der Waals surface area (Å²) in [5.74, 6) is 0.443. The van der Waals surface area contributed by atoms with Crippen LogP contribution in [0.1, 0.15) is 26.3 Å². The maximum Gasteiger partial charge on any atom is 0.416 e. The molecule has 2 nitrogen and oxygen atoms in total. The highest BCUT2D eigenvalue weighted by atomic mass is 19.4. The van der Waals surface area contributed by atoms with Crippen molar-refractivity contribution in [2.45, 2.75) is 32.5 Å². The molecule has 1 rings (SSSR count). The molecular weight excluding hydrogens is 243 g/mol. The van der Waals surface area contributed by atoms with Gasteiger partial charge in [0.15, 0.2) is 0 Å². The normalized spacial score (nSPS) is 12.6. The number of halogens is 3. The molecule has 0 saturated carbocycles. The van der Waals surface area contributed by atoms with Crippen LogP contribution >= 0.6 is 0 Å². The van der Waals surface area contributed by atoms with E-state index in [1.54, 1.807) is 0 Å². The average Bonchev–Trinajstić information content (AvgIpc) is 2.22. The van der Waals surface area contributed by atoms with Gasteiger partial charge in [-0.3, -0.25) is 0 Å². The predicted molar refractivity (Wildman–Crippen MR) is 64.7 cm³/mol. The van der Waals surface area contributed by atoms with Crippen molar-refractivity contribution in [2.75, 3.05) is 13.2 Å². The largest absolute Gasteiger partial charge is 0.492 e. The van der Waals surface area contributed by atoms with Crippen molar-refractivity contribution in [3.8, 4) is 5.75 Å². The molecule has 0 aliphatic carbocycles. The minimum Gasteiger partial charge on any atom is -0.492 e. The summed E-state index contributed by atoms with van der Waals surface area (Å²) in [6.45, 7) is 7.16. The number of alkyl halides is 3. The van der Waals surface area contributed by atoms with Gasteiger partial charge in [0.25, 0.3) is 0 Å². The van der Waals surface area contributed by atoms with E-state index in [1.807, 2.05) is 20.8 Å². The molecule has 0 aliphatic heterocycles. The quantitative estimate of drug-likeness (QED) is 0.838. The van der Waals surface area contributed by atoms with Crippen molar-refractivity contribution in [3.63, 3.8) is 0 Å². The van der Waals surface area contributed by atoms with Gasteiger partial charge in [-0.25, -0.2) is 0 Å². The van der Waals surface area contributed by atoms with Crippen molar-refractivity contribution in [3.05, 3.63) is 29.8 Å². The zero-order chi connectivity index (χ0) is 13.8. The zero-order valence-electron chi connectivity index (χ0n) is 10.8. The predicted octanol–water partition coefficient (Wildman–Crippen LogP) is 3.47. The fourth-order valence-corrected chi connectivity index (χ4v) is 1.34. The van der Waals surface area contributed by atoms with Crippen molar-refractivity contribution >= 4 is 0 Å². The van der Waals surface area contributed by atoms with Gasteiger partial charge < -0.3 is 10.1 Å². The maximum atomic E-state index is 12.3. The fraction of sp³-hybridized carbons (Fsp3) is 0.538. The average molecular weight is 261 g/mol. The Balaban J connectivity index is 2.41. The third-order valence-corrected chi connectivity index (χ3v) is 2.21. The van der Waals surface area contributed by atoms with E-state index >= 15 is 0 Å². The Kier molecular flexibility index (Phi) is 4.62. The summed E-state index contributed by atoms with van der Waals surface area (Å²) < 4.78 is 42.3. The standard InChI is InChI=1S/C13H18F3NO/c1-12(2,3)17-8-9-18-11-6-4-10(5-7-11)13(14,15)16/h4-7,17H,8-9H2,1-3H3. The van der Waals surface area contributed by atoms with E-state index in [2.05, 4.69) is 5.32 Å². The Bertz CT molecular complexity index is 365. The van der Waals surface area contributed by atoms with Crippen LogP contribution in [0.15, 0.2) is 24.3 Å². The first-order valence-electron chi connectivity index (χ1n) is 5.73. The first-order valence-corrected chi connectivity index (χ1v) is 5.73. The molecule has 0 saturated heterocycles. The van der Waals surface area contributed by atoms with Gasteiger partial charge in [0.1, 0.15) is 12.4 Å². The second kappa shape index (κ2) is 5.61. The van der Waals surface area contributed by atoms with E-state index in [0.29, 0.717) is 18.9 Å². The Morgan fingerprint density at radius 3 is 2.06 bits per heavy atom. The van der Waals surface area contributed by atoms with Crippen LogP contribution in [0.25, 0.3) is 0 Å². The van der Waals surface area contributed by atoms with E-state index < -0.39 is 11.7 Å². The summed E-state index contributed by atoms with van der Waals surface area (Å²) in [7, 11) is 0. The van der Waals surface area contributed by atoms with E-state index in [-0.39, 0.29) is 5.54 Å². The lowest BCUT2D eigenvalue weighted by molar-refractivity contribution is -0.137. The Labute approximate surface area is 105 Å². The molecule has 1 N–H and O–H groups in total. The Morgan fingerprint density at radius 2 is 1.61 bits per heavy atom. The first kappa shape index (κ1) is 14.8. The van der Waals surface area contributed by atoms with Gasteiger partial charge in [-0.2, -0.15) is 13.2 Å². The topological polar surface area (TPSA) is 21.3 Å². The molecular formula is C13H18F3NO. The lowest BCUT2D eigenvalue weighted by Gasteiger charge is -2.20. The Morgan fingerprint density at radius 1 is 1.06 bits per heavy atom. The highest BCUT2D eigenvalue weighted by Crippen LogP contribution is 2.30. The SMILES string of the molecule is CC(C)(C)NCCOc1ccc(C(F)(F)F)cc1. The van der Waals surface area contributed by atoms with Crippen molar-refractivity contribution in [1.29, 1.82) is 0 Å². The van der Waals surface area contributed by atoms with E-state index in [0.717, 1.165) is 12.1 Å². The molecule has 1 aromatic carbocycles. The van der Waals surface area contributed by atoms with Gasteiger partial charge >= 0.3 is 6.18 Å². The summed E-state index contributed by atoms with van der Waals surface area (Å²) >= 11 is 0. The molecule has 1 aromatic rings. The first-order chi connectivity index (χ1) is 8.18. The number of rotatable bonds is 4. The second-order valence-electron chi connectivity index (χ2n) is 5.05. The monoisotopic (exact) mass is 261 g/mol. The third-order valence-electron chi connectivity index (χ3n) is 2.21. The van der Waals surface area contributed by atoms with Crippen molar-refractivity contribution in [1.82, 2.24) is 5.32 Å². The van der Waals surface area contributed by atoms with Crippen LogP contribution < -0.4 is 10.1 Å². The molecule has 0 bridgehead atoms. The molecule has 0 radical (unpaired) electrons. The summed E-state index contributed by atoms with van der Waals surface area (Å²) in [4.78, 5) is 0. The maximum absolute atomic E-state index is 12.3. The number of hydrogen-bond donors (Lipinski definition) is 1. The Hall–Kier alpha value is -1.23. The van der Waals surface area contributed by atoms with Crippen LogP contribution in [-0.4, -0.2) is 18.7 Å². The zero-order valence-corrected chi connectivity index (χ0v) is 10.8. The van der Waals surface area contributed by atoms with Crippen LogP contribution in [0.2, 0.25) is 0 Å². The van der Waals surface area contributed by atoms with E-state index in [4.69, 9.17) is 4.74 Å². The fourth-order valence-electron chi connectivity index (χ4n) is 1.34. The van der Waals surface area contributed by atoms with Crippen molar-refractivity contribution in [2.24, 2.45) is 0 Å². The van der Waals surface area contributed by atoms with Gasteiger partial charge in [-0.05, 0) is 45.0 Å². The van der Waals surface area contributed by atoms with E-state index in [9.17, 15) is 13.2 Å². The molecule has 0 amide bonds. The molecule has 0 aliphatic rings. The minimum absolute atomic E-state index is 0.00347. The molecule has 0 unspecified atom stereocenters. The summed E-state index contributed by atoms with van der Waals surface area (Å²) in [6.07, 6.45) is -4.30. The van der Waals surface area contributed by atoms with Gasteiger partial charge in [0, 0.05) is 12.1 Å². The lowest BCUT2D eigenvalue weighted by Crippen LogP contribution is -2.38. The number of hydrogen-bond acceptors (Lipinski definition) is 2. The van der Waals surface area contributed by atoms with Crippen LogP contribution in [0.4, 0.5) is 13.2 Å². The number of nitrogens with one attached hydrogen (secondary N) is 1. The summed E-state index contributed by atoms with van der Waals surface area (Å²) in [6, 6.07) is 4.71. The molecule has 0 fully saturated rings. The van der Waals surface area contributed by atoms with Crippen LogP contribution in [-0.2, 0) is 6.18 Å². The van der Waals surface area contributed by atoms with Crippen molar-refractivity contribution < 1.29 is 17.9 Å². The highest BCUT2D eigenvalue weighted by Gasteiger charge is 2.29. The third kappa shape index (κ3) is 5.40. The molecule has 0 heterocycles. The summed E-state index contributed by atoms with van der Waals surface area (Å²) in [5.41, 5.74) is -0.661. The summed E-state index contributed by atoms with van der Waals surface area (Å²) in [5, 5.41) is 3.22. The molecule has 0 spiro atoms. The van der Waals surface area contributed by atoms with E-state index in [1.165, 1.54) is 12.1 Å². The molecule has 0 aromatic heterocycles. The van der Waals surface area contributed by atoms with Gasteiger partial charge in [0.05, 0.1) is 5.56 Å². The number of benzene rings is 1. The van der Waals surface area contributed by atoms with Crippen LogP contribution in [0.5, 0.6) is 5.75 Å². The minimum atomic E-state index is -4.30. The van der Waals surface area contributed by atoms with Crippen LogP contribution in [0.3, 0.4) is 0 Å². The molecule has 5 heteroatoms.